The number of amides is 1. The second kappa shape index (κ2) is 10.4. The number of carbonyl (C=O) groups excluding carboxylic acids is 1. The molecule has 1 aliphatic carbocycles. The third-order valence-electron chi connectivity index (χ3n) is 7.48. The first-order chi connectivity index (χ1) is 19.4. The molecule has 1 unspecified atom stereocenters. The van der Waals surface area contributed by atoms with Crippen molar-refractivity contribution in [3.63, 3.8) is 0 Å². The first kappa shape index (κ1) is 27.9. The summed E-state index contributed by atoms with van der Waals surface area (Å²) in [6.45, 7) is 3.17. The Morgan fingerprint density at radius 3 is 2.15 bits per heavy atom. The molecule has 3 aromatic carbocycles. The van der Waals surface area contributed by atoms with Crippen LogP contribution in [0.4, 0.5) is 23.7 Å². The van der Waals surface area contributed by atoms with Crippen LogP contribution in [-0.4, -0.2) is 29.4 Å². The number of aliphatic carboxylic acids is 1. The number of rotatable bonds is 7. The number of hydrogen-bond donors (Lipinski definition) is 1. The van der Waals surface area contributed by atoms with Crippen LogP contribution in [-0.2, 0) is 21.1 Å². The van der Waals surface area contributed by atoms with Crippen LogP contribution >= 0.6 is 0 Å². The van der Waals surface area contributed by atoms with Crippen LogP contribution in [0.1, 0.15) is 48.3 Å². The lowest BCUT2D eigenvalue weighted by atomic mass is 9.93. The zero-order valence-electron chi connectivity index (χ0n) is 22.5. The largest absolute Gasteiger partial charge is 0.481 e. The summed E-state index contributed by atoms with van der Waals surface area (Å²) in [4.78, 5) is 25.8. The topological polar surface area (TPSA) is 92.9 Å². The van der Waals surface area contributed by atoms with Crippen LogP contribution in [0.25, 0.3) is 22.5 Å². The van der Waals surface area contributed by atoms with Gasteiger partial charge in [-0.25, -0.2) is 4.79 Å². The molecular weight excluding hydrogens is 537 g/mol. The molecule has 0 radical (unpaired) electrons. The van der Waals surface area contributed by atoms with Crippen molar-refractivity contribution in [1.82, 2.24) is 5.16 Å². The summed E-state index contributed by atoms with van der Waals surface area (Å²) in [5.41, 5.74) is 2.68. The normalized spacial score (nSPS) is 14.8. The van der Waals surface area contributed by atoms with Gasteiger partial charge in [-0.2, -0.15) is 13.2 Å². The Morgan fingerprint density at radius 2 is 1.59 bits per heavy atom. The maximum absolute atomic E-state index is 13.1. The van der Waals surface area contributed by atoms with Gasteiger partial charge in [0.1, 0.15) is 17.5 Å². The summed E-state index contributed by atoms with van der Waals surface area (Å²) >= 11 is 0. The molecule has 0 aliphatic heterocycles. The first-order valence-corrected chi connectivity index (χ1v) is 12.9. The molecule has 1 saturated carbocycles. The monoisotopic (exact) mass is 564 g/mol. The number of ether oxygens (including phenoxy) is 1. The van der Waals surface area contributed by atoms with Gasteiger partial charge in [-0.3, -0.25) is 9.69 Å². The SMILES string of the molecule is Cc1noc(-c2ccc(-c3ccc(C4(C(=O)O)CC4)cc3)cc2)c1N(C)C(=O)OC(C)c1cccc(C(F)(F)F)c1. The van der Waals surface area contributed by atoms with Crippen molar-refractivity contribution in [2.45, 2.75) is 44.4 Å². The third kappa shape index (κ3) is 5.41. The minimum Gasteiger partial charge on any atom is -0.481 e. The number of alkyl halides is 3. The van der Waals surface area contributed by atoms with E-state index in [1.54, 1.807) is 6.92 Å². The quantitative estimate of drug-likeness (QED) is 0.246. The van der Waals surface area contributed by atoms with E-state index in [0.29, 0.717) is 35.5 Å². The number of aryl methyl sites for hydroxylation is 1. The summed E-state index contributed by atoms with van der Waals surface area (Å²) in [5, 5.41) is 13.5. The van der Waals surface area contributed by atoms with Crippen molar-refractivity contribution < 1.29 is 37.1 Å². The summed E-state index contributed by atoms with van der Waals surface area (Å²) in [6, 6.07) is 19.5. The van der Waals surface area contributed by atoms with Gasteiger partial charge in [-0.15, -0.1) is 0 Å². The van der Waals surface area contributed by atoms with Crippen LogP contribution in [0.5, 0.6) is 0 Å². The Labute approximate surface area is 234 Å². The van der Waals surface area contributed by atoms with Crippen molar-refractivity contribution in [2.24, 2.45) is 0 Å². The molecule has 4 aromatic rings. The van der Waals surface area contributed by atoms with Crippen molar-refractivity contribution in [1.29, 1.82) is 0 Å². The fraction of sp³-hybridized carbons (Fsp3) is 0.258. The van der Waals surface area contributed by atoms with Crippen molar-refractivity contribution >= 4 is 17.7 Å². The highest BCUT2D eigenvalue weighted by Crippen LogP contribution is 2.48. The Bertz CT molecular complexity index is 1590. The number of halogens is 3. The number of carboxylic acid groups (broad SMARTS) is 1. The van der Waals surface area contributed by atoms with Gasteiger partial charge in [-0.05, 0) is 61.1 Å². The first-order valence-electron chi connectivity index (χ1n) is 12.9. The molecule has 212 valence electrons. The van der Waals surface area contributed by atoms with Gasteiger partial charge in [0.15, 0.2) is 5.76 Å². The number of carboxylic acids is 1. The molecule has 1 N–H and O–H groups in total. The summed E-state index contributed by atoms with van der Waals surface area (Å²) < 4.78 is 50.4. The molecule has 7 nitrogen and oxygen atoms in total. The van der Waals surface area contributed by atoms with Crippen molar-refractivity contribution in [3.05, 3.63) is 95.2 Å². The number of carbonyl (C=O) groups is 2. The van der Waals surface area contributed by atoms with Gasteiger partial charge in [0.25, 0.3) is 0 Å². The molecule has 41 heavy (non-hydrogen) atoms. The predicted molar refractivity (Wildman–Crippen MR) is 145 cm³/mol. The number of nitrogens with zero attached hydrogens (tertiary/aromatic N) is 2. The van der Waals surface area contributed by atoms with E-state index < -0.39 is 35.3 Å². The molecule has 1 heterocycles. The molecule has 10 heteroatoms. The Morgan fingerprint density at radius 1 is 1.00 bits per heavy atom. The van der Waals surface area contributed by atoms with Crippen LogP contribution in [0.3, 0.4) is 0 Å². The van der Waals surface area contributed by atoms with Gasteiger partial charge >= 0.3 is 18.2 Å². The molecule has 1 fully saturated rings. The second-order valence-electron chi connectivity index (χ2n) is 10.2. The maximum atomic E-state index is 13.1. The average Bonchev–Trinajstić information content (AvgIpc) is 3.69. The second-order valence-corrected chi connectivity index (χ2v) is 10.2. The van der Waals surface area contributed by atoms with E-state index in [2.05, 4.69) is 5.16 Å². The Hall–Kier alpha value is -4.60. The number of aromatic nitrogens is 1. The molecule has 1 aliphatic rings. The van der Waals surface area contributed by atoms with E-state index in [1.165, 1.54) is 31.0 Å². The van der Waals surface area contributed by atoms with E-state index >= 15 is 0 Å². The fourth-order valence-corrected chi connectivity index (χ4v) is 4.85. The molecule has 0 bridgehead atoms. The molecule has 0 spiro atoms. The van der Waals surface area contributed by atoms with E-state index in [0.717, 1.165) is 28.8 Å². The predicted octanol–water partition coefficient (Wildman–Crippen LogP) is 7.79. The molecule has 5 rings (SSSR count). The van der Waals surface area contributed by atoms with Crippen LogP contribution < -0.4 is 4.90 Å². The molecule has 1 amide bonds. The van der Waals surface area contributed by atoms with Gasteiger partial charge in [-0.1, -0.05) is 65.8 Å². The summed E-state index contributed by atoms with van der Waals surface area (Å²) in [5.74, 6) is -0.473. The van der Waals surface area contributed by atoms with Gasteiger partial charge in [0, 0.05) is 12.6 Å². The maximum Gasteiger partial charge on any atom is 0.416 e. The number of anilines is 1. The Balaban J connectivity index is 1.32. The summed E-state index contributed by atoms with van der Waals surface area (Å²) in [7, 11) is 1.48. The fourth-order valence-electron chi connectivity index (χ4n) is 4.85. The molecule has 0 saturated heterocycles. The highest BCUT2D eigenvalue weighted by molar-refractivity contribution is 5.93. The zero-order valence-corrected chi connectivity index (χ0v) is 22.5. The van der Waals surface area contributed by atoms with Gasteiger partial charge < -0.3 is 14.4 Å². The molecule has 1 aromatic heterocycles. The van der Waals surface area contributed by atoms with Crippen molar-refractivity contribution in [3.8, 4) is 22.5 Å². The van der Waals surface area contributed by atoms with Crippen LogP contribution in [0.2, 0.25) is 0 Å². The van der Waals surface area contributed by atoms with Gasteiger partial charge in [0.2, 0.25) is 0 Å². The summed E-state index contributed by atoms with van der Waals surface area (Å²) in [6.07, 6.45) is -4.95. The van der Waals surface area contributed by atoms with E-state index in [9.17, 15) is 27.9 Å². The van der Waals surface area contributed by atoms with E-state index in [-0.39, 0.29) is 5.56 Å². The number of hydrogen-bond acceptors (Lipinski definition) is 5. The highest BCUT2D eigenvalue weighted by Gasteiger charge is 2.51. The molecule has 1 atom stereocenters. The van der Waals surface area contributed by atoms with E-state index in [4.69, 9.17) is 9.26 Å². The van der Waals surface area contributed by atoms with Crippen LogP contribution in [0.15, 0.2) is 77.3 Å². The van der Waals surface area contributed by atoms with Gasteiger partial charge in [0.05, 0.1) is 11.0 Å². The third-order valence-corrected chi connectivity index (χ3v) is 7.48. The van der Waals surface area contributed by atoms with Crippen molar-refractivity contribution in [2.75, 3.05) is 11.9 Å². The number of benzene rings is 3. The Kier molecular flexibility index (Phi) is 7.10. The smallest absolute Gasteiger partial charge is 0.416 e. The zero-order chi connectivity index (χ0) is 29.5. The minimum atomic E-state index is -4.51. The van der Waals surface area contributed by atoms with E-state index in [1.807, 2.05) is 48.5 Å². The lowest BCUT2D eigenvalue weighted by Gasteiger charge is -2.21. The highest BCUT2D eigenvalue weighted by atomic mass is 19.4. The minimum absolute atomic E-state index is 0.211. The lowest BCUT2D eigenvalue weighted by Crippen LogP contribution is -2.28. The average molecular weight is 565 g/mol. The molecular formula is C31H27F3N2O5. The standard InChI is InChI=1S/C31H27F3N2O5/c1-18-26(36(3)29(39)40-19(2)23-5-4-6-25(17-23)31(32,33)34)27(41-35-18)22-9-7-20(8-10-22)21-11-13-24(14-12-21)30(15-16-30)28(37)38/h4-14,17,19H,15-16H2,1-3H3,(H,37,38). The lowest BCUT2D eigenvalue weighted by molar-refractivity contribution is -0.140. The van der Waals surface area contributed by atoms with Crippen LogP contribution in [0, 0.1) is 6.92 Å².